The topological polar surface area (TPSA) is 71.8 Å². The van der Waals surface area contributed by atoms with Crippen LogP contribution in [0, 0.1) is 13.8 Å². The molecule has 1 N–H and O–H groups in total. The second-order valence-corrected chi connectivity index (χ2v) is 7.62. The molecule has 0 atom stereocenters. The first-order valence-corrected chi connectivity index (χ1v) is 9.60. The number of ether oxygens (including phenoxy) is 1. The molecule has 1 aliphatic heterocycles. The van der Waals surface area contributed by atoms with Crippen molar-refractivity contribution in [3.8, 4) is 11.1 Å². The molecule has 0 aliphatic carbocycles. The molecular formula is C23H24N2O4. The Morgan fingerprint density at radius 3 is 2.45 bits per heavy atom. The van der Waals surface area contributed by atoms with Crippen molar-refractivity contribution in [1.29, 1.82) is 0 Å². The third kappa shape index (κ3) is 2.95. The van der Waals surface area contributed by atoms with E-state index in [9.17, 15) is 14.7 Å². The number of anilines is 1. The van der Waals surface area contributed by atoms with Gasteiger partial charge in [-0.3, -0.25) is 4.79 Å². The molecule has 0 bridgehead atoms. The quantitative estimate of drug-likeness (QED) is 0.684. The van der Waals surface area contributed by atoms with Gasteiger partial charge in [0.1, 0.15) is 5.69 Å². The van der Waals surface area contributed by atoms with Gasteiger partial charge in [-0.05, 0) is 42.2 Å². The first kappa shape index (κ1) is 19.1. The molecule has 4 rings (SSSR count). The summed E-state index contributed by atoms with van der Waals surface area (Å²) in [7, 11) is 3.39. The number of hydrogen-bond acceptors (Lipinski definition) is 4. The summed E-state index contributed by atoms with van der Waals surface area (Å²) < 4.78 is 6.85. The monoisotopic (exact) mass is 392 g/mol. The molecule has 0 saturated heterocycles. The minimum atomic E-state index is -0.946. The maximum absolute atomic E-state index is 12.2. The van der Waals surface area contributed by atoms with Crippen LogP contribution in [0.2, 0.25) is 0 Å². The lowest BCUT2D eigenvalue weighted by Crippen LogP contribution is -2.30. The Bertz CT molecular complexity index is 1140. The number of carbonyl (C=O) groups excluding carboxylic acids is 1. The summed E-state index contributed by atoms with van der Waals surface area (Å²) in [6.07, 6.45) is 0.135. The van der Waals surface area contributed by atoms with E-state index in [1.165, 1.54) is 7.11 Å². The molecule has 150 valence electrons. The van der Waals surface area contributed by atoms with Crippen LogP contribution in [0.5, 0.6) is 0 Å². The molecule has 29 heavy (non-hydrogen) atoms. The number of nitrogens with zero attached hydrogens (tertiary/aromatic N) is 2. The van der Waals surface area contributed by atoms with E-state index in [0.717, 1.165) is 44.4 Å². The number of hydrogen-bond donors (Lipinski definition) is 1. The van der Waals surface area contributed by atoms with Crippen LogP contribution in [0.3, 0.4) is 0 Å². The van der Waals surface area contributed by atoms with Crippen LogP contribution in [0.25, 0.3) is 22.0 Å². The number of carbonyl (C=O) groups is 2. The molecule has 0 spiro atoms. The SMILES string of the molecule is COC(=O)Cc1c(C)c2c3c(cc(C(=O)O)n3CCN2C)c1-c1ccc(C)cc1. The fourth-order valence-corrected chi connectivity index (χ4v) is 4.39. The summed E-state index contributed by atoms with van der Waals surface area (Å²) in [5.74, 6) is -1.26. The van der Waals surface area contributed by atoms with Crippen molar-refractivity contribution in [1.82, 2.24) is 4.57 Å². The lowest BCUT2D eigenvalue weighted by molar-refractivity contribution is -0.139. The molecule has 1 aliphatic rings. The average molecular weight is 392 g/mol. The Labute approximate surface area is 169 Å². The fraction of sp³-hybridized carbons (Fsp3) is 0.304. The first-order chi connectivity index (χ1) is 13.8. The van der Waals surface area contributed by atoms with Gasteiger partial charge >= 0.3 is 11.9 Å². The largest absolute Gasteiger partial charge is 0.477 e. The van der Waals surface area contributed by atoms with Gasteiger partial charge < -0.3 is 19.3 Å². The minimum Gasteiger partial charge on any atom is -0.477 e. The second-order valence-electron chi connectivity index (χ2n) is 7.62. The molecule has 1 aromatic heterocycles. The second kappa shape index (κ2) is 6.95. The highest BCUT2D eigenvalue weighted by Gasteiger charge is 2.29. The smallest absolute Gasteiger partial charge is 0.352 e. The van der Waals surface area contributed by atoms with Crippen molar-refractivity contribution >= 4 is 28.5 Å². The standard InChI is InChI=1S/C23H24N2O4/c1-13-5-7-15(8-6-13)20-16(12-19(26)29-4)14(2)21-22-17(20)11-18(23(27)28)25(22)10-9-24(21)3/h5-8,11H,9-10,12H2,1-4H3,(H,27,28). The van der Waals surface area contributed by atoms with E-state index in [1.54, 1.807) is 6.07 Å². The number of aromatic carboxylic acids is 1. The highest BCUT2D eigenvalue weighted by atomic mass is 16.5. The zero-order chi connectivity index (χ0) is 20.9. The normalized spacial score (nSPS) is 13.0. The van der Waals surface area contributed by atoms with Gasteiger partial charge in [-0.25, -0.2) is 4.79 Å². The van der Waals surface area contributed by atoms with E-state index < -0.39 is 5.97 Å². The summed E-state index contributed by atoms with van der Waals surface area (Å²) >= 11 is 0. The van der Waals surface area contributed by atoms with Gasteiger partial charge in [0.25, 0.3) is 0 Å². The molecule has 6 nitrogen and oxygen atoms in total. The van der Waals surface area contributed by atoms with Gasteiger partial charge in [0.15, 0.2) is 0 Å². The number of methoxy groups -OCH3 is 1. The highest BCUT2D eigenvalue weighted by molar-refractivity contribution is 6.10. The number of aryl methyl sites for hydroxylation is 1. The molecule has 2 heterocycles. The number of carboxylic acids is 1. The first-order valence-electron chi connectivity index (χ1n) is 9.60. The number of likely N-dealkylation sites (N-methyl/N-ethyl adjacent to an activating group) is 1. The Morgan fingerprint density at radius 2 is 1.83 bits per heavy atom. The van der Waals surface area contributed by atoms with E-state index in [1.807, 2.05) is 49.7 Å². The van der Waals surface area contributed by atoms with Crippen LogP contribution in [0.1, 0.15) is 27.2 Å². The average Bonchev–Trinajstić information content (AvgIpc) is 3.07. The summed E-state index contributed by atoms with van der Waals surface area (Å²) in [4.78, 5) is 26.3. The van der Waals surface area contributed by atoms with Crippen molar-refractivity contribution in [2.75, 3.05) is 25.6 Å². The third-order valence-corrected chi connectivity index (χ3v) is 5.85. The number of aromatic nitrogens is 1. The van der Waals surface area contributed by atoms with Gasteiger partial charge in [0.05, 0.1) is 24.7 Å². The van der Waals surface area contributed by atoms with Crippen molar-refractivity contribution < 1.29 is 19.4 Å². The van der Waals surface area contributed by atoms with Gasteiger partial charge in [0.2, 0.25) is 0 Å². The molecular weight excluding hydrogens is 368 g/mol. The number of carboxylic acid groups (broad SMARTS) is 1. The zero-order valence-electron chi connectivity index (χ0n) is 17.1. The molecule has 3 aromatic rings. The molecule has 2 aromatic carbocycles. The number of esters is 1. The molecule has 6 heteroatoms. The van der Waals surface area contributed by atoms with Gasteiger partial charge in [-0.15, -0.1) is 0 Å². The maximum atomic E-state index is 12.2. The summed E-state index contributed by atoms with van der Waals surface area (Å²) in [5.41, 5.74) is 7.04. The van der Waals surface area contributed by atoms with Gasteiger partial charge in [0, 0.05) is 25.5 Å². The van der Waals surface area contributed by atoms with Crippen molar-refractivity contribution in [3.05, 3.63) is 52.7 Å². The molecule has 0 saturated carbocycles. The molecule has 0 unspecified atom stereocenters. The van der Waals surface area contributed by atoms with Crippen molar-refractivity contribution in [2.45, 2.75) is 26.8 Å². The van der Waals surface area contributed by atoms with E-state index in [2.05, 4.69) is 4.90 Å². The Hall–Kier alpha value is -3.28. The van der Waals surface area contributed by atoms with E-state index >= 15 is 0 Å². The highest BCUT2D eigenvalue weighted by Crippen LogP contribution is 2.44. The van der Waals surface area contributed by atoms with E-state index in [-0.39, 0.29) is 18.1 Å². The molecule has 0 fully saturated rings. The lowest BCUT2D eigenvalue weighted by atomic mass is 9.88. The van der Waals surface area contributed by atoms with Crippen LogP contribution in [0.4, 0.5) is 5.69 Å². The van der Waals surface area contributed by atoms with Crippen LogP contribution < -0.4 is 4.90 Å². The van der Waals surface area contributed by atoms with Crippen LogP contribution in [-0.2, 0) is 22.5 Å². The lowest BCUT2D eigenvalue weighted by Gasteiger charge is -2.31. The summed E-state index contributed by atoms with van der Waals surface area (Å²) in [6.45, 7) is 5.34. The zero-order valence-corrected chi connectivity index (χ0v) is 17.1. The minimum absolute atomic E-state index is 0.135. The Balaban J connectivity index is 2.15. The predicted molar refractivity (Wildman–Crippen MR) is 113 cm³/mol. The fourth-order valence-electron chi connectivity index (χ4n) is 4.39. The summed E-state index contributed by atoms with van der Waals surface area (Å²) in [5, 5.41) is 10.6. The Kier molecular flexibility index (Phi) is 4.57. The molecule has 0 radical (unpaired) electrons. The summed E-state index contributed by atoms with van der Waals surface area (Å²) in [6, 6.07) is 9.85. The van der Waals surface area contributed by atoms with Crippen LogP contribution in [-0.4, -0.2) is 42.3 Å². The van der Waals surface area contributed by atoms with E-state index in [0.29, 0.717) is 13.1 Å². The number of rotatable bonds is 4. The number of benzene rings is 2. The molecule has 0 amide bonds. The van der Waals surface area contributed by atoms with E-state index in [4.69, 9.17) is 4.74 Å². The maximum Gasteiger partial charge on any atom is 0.352 e. The van der Waals surface area contributed by atoms with Gasteiger partial charge in [-0.2, -0.15) is 0 Å². The van der Waals surface area contributed by atoms with Crippen LogP contribution >= 0.6 is 0 Å². The van der Waals surface area contributed by atoms with Crippen LogP contribution in [0.15, 0.2) is 30.3 Å². The third-order valence-electron chi connectivity index (χ3n) is 5.85. The Morgan fingerprint density at radius 1 is 1.14 bits per heavy atom. The van der Waals surface area contributed by atoms with Gasteiger partial charge in [-0.1, -0.05) is 29.8 Å². The predicted octanol–water partition coefficient (Wildman–Crippen LogP) is 3.79. The van der Waals surface area contributed by atoms with Crippen molar-refractivity contribution in [2.24, 2.45) is 0 Å². The van der Waals surface area contributed by atoms with Crippen molar-refractivity contribution in [3.63, 3.8) is 0 Å².